The Bertz CT molecular complexity index is 231. The van der Waals surface area contributed by atoms with Gasteiger partial charge in [-0.3, -0.25) is 29.5 Å². The second-order valence-corrected chi connectivity index (χ2v) is 0.537. The first kappa shape index (κ1) is 53.7. The van der Waals surface area contributed by atoms with Gasteiger partial charge in [0.1, 0.15) is 0 Å². The number of rotatable bonds is 0. The summed E-state index contributed by atoms with van der Waals surface area (Å²) in [5, 5.41) is 0. The average molecular weight is 349 g/mol. The molecule has 0 atom stereocenters. The zero-order valence-corrected chi connectivity index (χ0v) is 12.8. The smallest absolute Gasteiger partial charge is 0.373 e. The van der Waals surface area contributed by atoms with Gasteiger partial charge in [0.15, 0.2) is 0 Å². The summed E-state index contributed by atoms with van der Waals surface area (Å²) in [7, 11) is 0. The van der Waals surface area contributed by atoms with Gasteiger partial charge in [0.2, 0.25) is 0 Å². The number of hydrogen-bond donors (Lipinski definition) is 0. The first-order valence-corrected chi connectivity index (χ1v) is 2.40. The van der Waals surface area contributed by atoms with Gasteiger partial charge < -0.3 is 66.4 Å². The Morgan fingerprint density at radius 3 is 0.300 bits per heavy atom. The molecule has 0 N–H and O–H groups in total. The first-order valence-electron chi connectivity index (χ1n) is 2.40. The molecule has 18 nitrogen and oxygen atoms in total. The van der Waals surface area contributed by atoms with Crippen molar-refractivity contribution in [2.75, 3.05) is 0 Å². The van der Waals surface area contributed by atoms with Gasteiger partial charge in [-0.15, -0.1) is 0 Å². The predicted molar refractivity (Wildman–Crippen MR) is 72.0 cm³/mol. The quantitative estimate of drug-likeness (QED) is 0.253. The minimum absolute atomic E-state index is 0. The maximum atomic E-state index is 6.75. The van der Waals surface area contributed by atoms with E-state index in [0.29, 0.717) is 0 Å². The van der Waals surface area contributed by atoms with Crippen molar-refractivity contribution in [2.24, 2.45) is 0 Å². The minimum atomic E-state index is 0. The summed E-state index contributed by atoms with van der Waals surface area (Å²) in [5.74, 6) is 0. The van der Waals surface area contributed by atoms with Crippen LogP contribution in [-0.4, -0.2) is 37.2 Å². The van der Waals surface area contributed by atoms with Crippen molar-refractivity contribution in [3.8, 4) is 0 Å². The van der Waals surface area contributed by atoms with E-state index in [1.807, 2.05) is 0 Å². The van der Waals surface area contributed by atoms with Crippen molar-refractivity contribution in [2.45, 2.75) is 0 Å². The maximum Gasteiger partial charge on any atom is 3.00 e. The van der Waals surface area contributed by atoms with Gasteiger partial charge in [0.05, 0.1) is 0 Å². The summed E-state index contributed by atoms with van der Waals surface area (Å²) in [5.41, 5.74) is 81.0. The van der Waals surface area contributed by atoms with Gasteiger partial charge in [0.25, 0.3) is 0 Å². The molecular formula is AlGaN18. The summed E-state index contributed by atoms with van der Waals surface area (Å²) in [4.78, 5) is 9.00. The molecule has 0 aromatic carbocycles. The molecule has 0 heterocycles. The molecule has 0 amide bonds. The van der Waals surface area contributed by atoms with E-state index in [2.05, 4.69) is 0 Å². The van der Waals surface area contributed by atoms with Crippen LogP contribution in [0.5, 0.6) is 0 Å². The van der Waals surface area contributed by atoms with E-state index in [1.165, 1.54) is 29.5 Å². The van der Waals surface area contributed by atoms with E-state index in [9.17, 15) is 0 Å². The molecule has 0 fully saturated rings. The molecule has 0 aromatic rings. The van der Waals surface area contributed by atoms with Crippen LogP contribution in [0.3, 0.4) is 0 Å². The van der Waals surface area contributed by atoms with Crippen LogP contribution in [0.1, 0.15) is 0 Å². The summed E-state index contributed by atoms with van der Waals surface area (Å²) < 4.78 is 0. The third kappa shape index (κ3) is 335. The van der Waals surface area contributed by atoms with Gasteiger partial charge in [-0.05, 0) is 0 Å². The van der Waals surface area contributed by atoms with Crippen molar-refractivity contribution in [1.82, 2.24) is 0 Å². The van der Waals surface area contributed by atoms with Gasteiger partial charge >= 0.3 is 37.2 Å². The largest absolute Gasteiger partial charge is 3.00 e. The average Bonchev–Trinajstić information content (AvgIpc) is 2.23. The molecule has 0 saturated heterocycles. The van der Waals surface area contributed by atoms with Crippen LogP contribution >= 0.6 is 0 Å². The summed E-state index contributed by atoms with van der Waals surface area (Å²) >= 11 is 0. The number of nitrogens with zero attached hydrogens (tertiary/aromatic N) is 18. The van der Waals surface area contributed by atoms with Crippen LogP contribution in [0, 0.1) is 0 Å². The topological polar surface area (TPSA) is 352 Å². The van der Waals surface area contributed by atoms with Gasteiger partial charge in [-0.2, -0.15) is 0 Å². The Morgan fingerprint density at radius 1 is 0.300 bits per heavy atom. The zero-order chi connectivity index (χ0) is 16.2. The fourth-order valence-corrected chi connectivity index (χ4v) is 0. The van der Waals surface area contributed by atoms with Gasteiger partial charge in [0, 0.05) is 0 Å². The van der Waals surface area contributed by atoms with Crippen LogP contribution in [-0.2, 0) is 0 Å². The van der Waals surface area contributed by atoms with E-state index >= 15 is 0 Å². The third-order valence-corrected chi connectivity index (χ3v) is 0. The van der Waals surface area contributed by atoms with Crippen LogP contribution in [0.4, 0.5) is 0 Å². The molecule has 0 aliphatic carbocycles. The van der Waals surface area contributed by atoms with Crippen LogP contribution in [0.15, 0.2) is 0 Å². The molecule has 0 rings (SSSR count). The summed E-state index contributed by atoms with van der Waals surface area (Å²) in [6.07, 6.45) is 0. The maximum absolute atomic E-state index is 6.75. The standard InChI is InChI=1S/Al.Ga.6N3/c;;6*1-3-2/q2*+3;6*-1. The first-order chi connectivity index (χ1) is 8.49. The van der Waals surface area contributed by atoms with Crippen molar-refractivity contribution in [3.63, 3.8) is 0 Å². The Labute approximate surface area is 133 Å². The molecule has 0 bridgehead atoms. The van der Waals surface area contributed by atoms with Crippen LogP contribution < -0.4 is 0 Å². The molecular weight excluding hydrogens is 349 g/mol. The fourth-order valence-electron chi connectivity index (χ4n) is 0. The van der Waals surface area contributed by atoms with E-state index in [1.54, 1.807) is 0 Å². The van der Waals surface area contributed by atoms with Crippen molar-refractivity contribution in [3.05, 3.63) is 95.8 Å². The second kappa shape index (κ2) is 395. The Kier molecular flexibility index (Phi) is 1060. The molecule has 96 valence electrons. The monoisotopic (exact) mass is 348 g/mol. The molecule has 0 spiro atoms. The Hall–Kier alpha value is -2.97. The van der Waals surface area contributed by atoms with Crippen molar-refractivity contribution in [1.29, 1.82) is 0 Å². The van der Waals surface area contributed by atoms with E-state index in [4.69, 9.17) is 66.4 Å². The van der Waals surface area contributed by atoms with Gasteiger partial charge in [-0.25, -0.2) is 0 Å². The third-order valence-electron chi connectivity index (χ3n) is 0. The van der Waals surface area contributed by atoms with Crippen molar-refractivity contribution >= 4 is 37.2 Å². The fraction of sp³-hybridized carbons (Fsp3) is 0. The van der Waals surface area contributed by atoms with Gasteiger partial charge in [-0.1, -0.05) is 0 Å². The molecule has 20 heavy (non-hydrogen) atoms. The molecule has 0 unspecified atom stereocenters. The molecule has 0 aromatic heterocycles. The molecule has 0 saturated carbocycles. The van der Waals surface area contributed by atoms with Crippen LogP contribution in [0.25, 0.3) is 95.8 Å². The van der Waals surface area contributed by atoms with Crippen LogP contribution in [0.2, 0.25) is 0 Å². The number of hydrogen-bond acceptors (Lipinski definition) is 0. The Balaban J connectivity index is -0.0000000141. The van der Waals surface area contributed by atoms with Crippen molar-refractivity contribution < 1.29 is 0 Å². The summed E-state index contributed by atoms with van der Waals surface area (Å²) in [6, 6.07) is 0. The SMILES string of the molecule is [Al+3].[Ga+3].[N-]=[N+]=[N-].[N-]=[N+]=[N-].[N-]=[N+]=[N-].[N-]=[N+]=[N-].[N-]=[N+]=[N-].[N-]=[N+]=[N-]. The van der Waals surface area contributed by atoms with E-state index < -0.39 is 0 Å². The molecule has 0 radical (unpaired) electrons. The van der Waals surface area contributed by atoms with E-state index in [0.717, 1.165) is 0 Å². The van der Waals surface area contributed by atoms with E-state index in [-0.39, 0.29) is 37.2 Å². The molecule has 0 aliphatic heterocycles. The normalized spacial score (nSPS) is 2.40. The summed E-state index contributed by atoms with van der Waals surface area (Å²) in [6.45, 7) is 0. The second-order valence-electron chi connectivity index (χ2n) is 0.537. The minimum Gasteiger partial charge on any atom is -0.373 e. The Morgan fingerprint density at radius 2 is 0.300 bits per heavy atom. The molecule has 0 aliphatic rings. The zero-order valence-electron chi connectivity index (χ0n) is 9.20. The molecule has 20 heteroatoms. The predicted octanol–water partition coefficient (Wildman–Crippen LogP) is 4.44.